The molecule has 0 N–H and O–H groups in total. The van der Waals surface area contributed by atoms with Crippen LogP contribution in [0, 0.1) is 0 Å². The maximum absolute atomic E-state index is 5.13. The van der Waals surface area contributed by atoms with Crippen molar-refractivity contribution >= 4 is 21.5 Å². The minimum Gasteiger partial charge on any atom is -0.228 e. The highest BCUT2D eigenvalue weighted by Crippen LogP contribution is 2.33. The molecule has 0 saturated heterocycles. The van der Waals surface area contributed by atoms with Gasteiger partial charge in [-0.2, -0.15) is 0 Å². The van der Waals surface area contributed by atoms with E-state index in [0.717, 1.165) is 28.1 Å². The van der Waals surface area contributed by atoms with E-state index in [2.05, 4.69) is 188 Å². The van der Waals surface area contributed by atoms with Gasteiger partial charge in [0.1, 0.15) is 0 Å². The average molecular weight is 637 g/mol. The summed E-state index contributed by atoms with van der Waals surface area (Å²) in [7, 11) is 0. The Morgan fingerprint density at radius 3 is 1.04 bits per heavy atom. The smallest absolute Gasteiger partial charge is 0.160 e. The Kier molecular flexibility index (Phi) is 7.53. The van der Waals surface area contributed by atoms with E-state index in [1.54, 1.807) is 0 Å². The van der Waals surface area contributed by atoms with Gasteiger partial charge in [0.15, 0.2) is 5.82 Å². The Morgan fingerprint density at radius 2 is 0.560 bits per heavy atom. The first-order valence-corrected chi connectivity index (χ1v) is 17.0. The lowest BCUT2D eigenvalue weighted by molar-refractivity contribution is 1.18. The molecule has 2 heteroatoms. The molecule has 8 aromatic carbocycles. The molecule has 0 atom stereocenters. The SMILES string of the molecule is c1ccc(-c2ccc(-c3nc(-c4ccc(-c5ccc6ccccc6c5)cc4)cc(-c4ccc(-c5ccc6ccccc6c5)cc4)n3)cc2)cc1. The van der Waals surface area contributed by atoms with E-state index in [1.807, 2.05) is 6.07 Å². The van der Waals surface area contributed by atoms with Crippen LogP contribution in [0.3, 0.4) is 0 Å². The molecule has 0 bridgehead atoms. The van der Waals surface area contributed by atoms with Gasteiger partial charge in [-0.25, -0.2) is 9.97 Å². The molecule has 0 unspecified atom stereocenters. The largest absolute Gasteiger partial charge is 0.228 e. The van der Waals surface area contributed by atoms with Crippen molar-refractivity contribution in [2.24, 2.45) is 0 Å². The van der Waals surface area contributed by atoms with Crippen molar-refractivity contribution in [1.82, 2.24) is 9.97 Å². The van der Waals surface area contributed by atoms with Crippen molar-refractivity contribution in [3.8, 4) is 67.3 Å². The number of fused-ring (bicyclic) bond motifs is 2. The molecule has 0 saturated carbocycles. The van der Waals surface area contributed by atoms with E-state index in [1.165, 1.54) is 54.9 Å². The van der Waals surface area contributed by atoms with Gasteiger partial charge >= 0.3 is 0 Å². The number of nitrogens with zero attached hydrogens (tertiary/aromatic N) is 2. The second-order valence-corrected chi connectivity index (χ2v) is 12.7. The molecule has 0 aliphatic carbocycles. The molecule has 1 heterocycles. The van der Waals surface area contributed by atoms with Crippen LogP contribution < -0.4 is 0 Å². The van der Waals surface area contributed by atoms with Gasteiger partial charge in [-0.3, -0.25) is 0 Å². The van der Waals surface area contributed by atoms with E-state index < -0.39 is 0 Å². The maximum Gasteiger partial charge on any atom is 0.160 e. The summed E-state index contributed by atoms with van der Waals surface area (Å²) < 4.78 is 0. The fourth-order valence-electron chi connectivity index (χ4n) is 6.72. The van der Waals surface area contributed by atoms with Crippen LogP contribution >= 0.6 is 0 Å². The number of benzene rings is 8. The van der Waals surface area contributed by atoms with Gasteiger partial charge in [-0.15, -0.1) is 0 Å². The fraction of sp³-hybridized carbons (Fsp3) is 0. The monoisotopic (exact) mass is 636 g/mol. The first-order chi connectivity index (χ1) is 24.7. The summed E-state index contributed by atoms with van der Waals surface area (Å²) in [5.41, 5.74) is 12.0. The second kappa shape index (κ2) is 12.8. The molecule has 0 aliphatic heterocycles. The molecular formula is C48H32N2. The molecule has 0 aliphatic rings. The number of hydrogen-bond donors (Lipinski definition) is 0. The average Bonchev–Trinajstić information content (AvgIpc) is 3.21. The molecule has 234 valence electrons. The molecular weight excluding hydrogens is 605 g/mol. The molecule has 9 rings (SSSR count). The van der Waals surface area contributed by atoms with Gasteiger partial charge in [0.25, 0.3) is 0 Å². The van der Waals surface area contributed by atoms with Crippen LogP contribution in [0.15, 0.2) is 194 Å². The molecule has 1 aromatic heterocycles. The van der Waals surface area contributed by atoms with Gasteiger partial charge in [0.05, 0.1) is 11.4 Å². The van der Waals surface area contributed by atoms with Crippen LogP contribution in [0.1, 0.15) is 0 Å². The Balaban J connectivity index is 1.09. The Labute approximate surface area is 292 Å². The summed E-state index contributed by atoms with van der Waals surface area (Å²) in [5.74, 6) is 0.703. The van der Waals surface area contributed by atoms with Gasteiger partial charge in [-0.05, 0) is 73.1 Å². The van der Waals surface area contributed by atoms with Gasteiger partial charge < -0.3 is 0 Å². The van der Waals surface area contributed by atoms with E-state index >= 15 is 0 Å². The van der Waals surface area contributed by atoms with Gasteiger partial charge in [-0.1, -0.05) is 176 Å². The summed E-state index contributed by atoms with van der Waals surface area (Å²) in [4.78, 5) is 10.3. The Hall–Kier alpha value is -6.64. The topological polar surface area (TPSA) is 25.8 Å². The standard InChI is InChI=1S/C48H32N2/c1-2-8-33(9-3-1)36-18-26-41(27-19-36)48-49-46(39-22-14-37(15-23-39)44-28-20-34-10-4-6-12-42(34)30-44)32-47(50-48)40-24-16-38(17-25-40)45-29-21-35-11-5-7-13-43(35)31-45/h1-32H. The summed E-state index contributed by atoms with van der Waals surface area (Å²) >= 11 is 0. The van der Waals surface area contributed by atoms with Crippen molar-refractivity contribution < 1.29 is 0 Å². The zero-order valence-electron chi connectivity index (χ0n) is 27.4. The highest BCUT2D eigenvalue weighted by atomic mass is 14.9. The predicted octanol–water partition coefficient (Wildman–Crippen LogP) is 12.8. The van der Waals surface area contributed by atoms with Crippen LogP contribution in [0.5, 0.6) is 0 Å². The van der Waals surface area contributed by atoms with Crippen molar-refractivity contribution in [1.29, 1.82) is 0 Å². The predicted molar refractivity (Wildman–Crippen MR) is 210 cm³/mol. The highest BCUT2D eigenvalue weighted by Gasteiger charge is 2.12. The van der Waals surface area contributed by atoms with E-state index in [4.69, 9.17) is 9.97 Å². The first-order valence-electron chi connectivity index (χ1n) is 17.0. The molecule has 2 nitrogen and oxygen atoms in total. The molecule has 0 amide bonds. The lowest BCUT2D eigenvalue weighted by Crippen LogP contribution is -1.96. The van der Waals surface area contributed by atoms with Crippen molar-refractivity contribution in [2.45, 2.75) is 0 Å². The van der Waals surface area contributed by atoms with Crippen LogP contribution in [0.2, 0.25) is 0 Å². The Bertz CT molecular complexity index is 2460. The molecule has 0 radical (unpaired) electrons. The summed E-state index contributed by atoms with van der Waals surface area (Å²) in [6.45, 7) is 0. The summed E-state index contributed by atoms with van der Waals surface area (Å²) in [6, 6.07) is 68.8. The third kappa shape index (κ3) is 5.85. The first kappa shape index (κ1) is 29.5. The number of rotatable bonds is 6. The van der Waals surface area contributed by atoms with E-state index in [-0.39, 0.29) is 0 Å². The molecule has 0 spiro atoms. The third-order valence-electron chi connectivity index (χ3n) is 9.50. The Morgan fingerprint density at radius 1 is 0.220 bits per heavy atom. The fourth-order valence-corrected chi connectivity index (χ4v) is 6.72. The van der Waals surface area contributed by atoms with Crippen molar-refractivity contribution in [3.05, 3.63) is 194 Å². The van der Waals surface area contributed by atoms with Crippen LogP contribution in [0.25, 0.3) is 88.8 Å². The van der Waals surface area contributed by atoms with Crippen LogP contribution in [-0.4, -0.2) is 9.97 Å². The van der Waals surface area contributed by atoms with Crippen LogP contribution in [0.4, 0.5) is 0 Å². The van der Waals surface area contributed by atoms with Crippen molar-refractivity contribution in [2.75, 3.05) is 0 Å². The quantitative estimate of drug-likeness (QED) is 0.181. The second-order valence-electron chi connectivity index (χ2n) is 12.7. The summed E-state index contributed by atoms with van der Waals surface area (Å²) in [6.07, 6.45) is 0. The lowest BCUT2D eigenvalue weighted by atomic mass is 9.98. The van der Waals surface area contributed by atoms with Gasteiger partial charge in [0, 0.05) is 16.7 Å². The minimum atomic E-state index is 0.703. The number of aromatic nitrogens is 2. The van der Waals surface area contributed by atoms with Crippen LogP contribution in [-0.2, 0) is 0 Å². The minimum absolute atomic E-state index is 0.703. The zero-order chi connectivity index (χ0) is 33.3. The molecule has 50 heavy (non-hydrogen) atoms. The molecule has 0 fully saturated rings. The molecule has 9 aromatic rings. The summed E-state index contributed by atoms with van der Waals surface area (Å²) in [5, 5.41) is 4.97. The van der Waals surface area contributed by atoms with E-state index in [9.17, 15) is 0 Å². The van der Waals surface area contributed by atoms with Crippen molar-refractivity contribution in [3.63, 3.8) is 0 Å². The van der Waals surface area contributed by atoms with E-state index in [0.29, 0.717) is 5.82 Å². The number of hydrogen-bond acceptors (Lipinski definition) is 2. The maximum atomic E-state index is 5.13. The lowest BCUT2D eigenvalue weighted by Gasteiger charge is -2.11. The van der Waals surface area contributed by atoms with Gasteiger partial charge in [0.2, 0.25) is 0 Å². The normalized spacial score (nSPS) is 11.2. The third-order valence-corrected chi connectivity index (χ3v) is 9.50. The highest BCUT2D eigenvalue weighted by molar-refractivity contribution is 5.89. The zero-order valence-corrected chi connectivity index (χ0v) is 27.4.